The van der Waals surface area contributed by atoms with Crippen LogP contribution in [-0.4, -0.2) is 11.5 Å². The Morgan fingerprint density at radius 3 is 2.94 bits per heavy atom. The lowest BCUT2D eigenvalue weighted by Gasteiger charge is -2.35. The standard InChI is InChI=1S/C14H19FN2/c15-13-10-16-9-6-12(13)14(11-4-5-11)7-2-1-3-8-17-14/h6,9-11,17H,1-5,7-8H2. The summed E-state index contributed by atoms with van der Waals surface area (Å²) >= 11 is 0. The summed E-state index contributed by atoms with van der Waals surface area (Å²) in [4.78, 5) is 3.87. The average Bonchev–Trinajstić information content (AvgIpc) is 3.17. The molecule has 1 saturated heterocycles. The highest BCUT2D eigenvalue weighted by atomic mass is 19.1. The first-order valence-electron chi connectivity index (χ1n) is 6.68. The number of rotatable bonds is 2. The number of nitrogens with one attached hydrogen (secondary N) is 1. The van der Waals surface area contributed by atoms with E-state index in [9.17, 15) is 4.39 Å². The van der Waals surface area contributed by atoms with E-state index in [1.165, 1.54) is 38.3 Å². The third-order valence-corrected chi connectivity index (χ3v) is 4.22. The summed E-state index contributed by atoms with van der Waals surface area (Å²) in [6, 6.07) is 1.87. The van der Waals surface area contributed by atoms with Crippen LogP contribution in [0.4, 0.5) is 4.39 Å². The number of pyridine rings is 1. The quantitative estimate of drug-likeness (QED) is 0.851. The van der Waals surface area contributed by atoms with Crippen LogP contribution in [0.15, 0.2) is 18.5 Å². The molecule has 2 heterocycles. The van der Waals surface area contributed by atoms with E-state index in [1.54, 1.807) is 6.20 Å². The Hall–Kier alpha value is -0.960. The fourth-order valence-electron chi connectivity index (χ4n) is 3.22. The van der Waals surface area contributed by atoms with Crippen LogP contribution >= 0.6 is 0 Å². The minimum Gasteiger partial charge on any atom is -0.307 e. The van der Waals surface area contributed by atoms with Gasteiger partial charge in [0.05, 0.1) is 6.20 Å². The second kappa shape index (κ2) is 4.37. The van der Waals surface area contributed by atoms with Gasteiger partial charge in [-0.3, -0.25) is 4.98 Å². The van der Waals surface area contributed by atoms with Gasteiger partial charge in [-0.1, -0.05) is 12.8 Å². The first kappa shape index (κ1) is 11.1. The minimum atomic E-state index is -0.145. The minimum absolute atomic E-state index is 0.108. The van der Waals surface area contributed by atoms with Gasteiger partial charge in [-0.2, -0.15) is 0 Å². The molecule has 92 valence electrons. The largest absolute Gasteiger partial charge is 0.307 e. The van der Waals surface area contributed by atoms with Crippen molar-refractivity contribution in [3.63, 3.8) is 0 Å². The van der Waals surface area contributed by atoms with E-state index in [0.29, 0.717) is 5.92 Å². The van der Waals surface area contributed by atoms with E-state index in [0.717, 1.165) is 18.5 Å². The molecule has 1 aromatic heterocycles. The summed E-state index contributed by atoms with van der Waals surface area (Å²) in [6.45, 7) is 1.01. The Kier molecular flexibility index (Phi) is 2.87. The van der Waals surface area contributed by atoms with E-state index in [1.807, 2.05) is 6.07 Å². The van der Waals surface area contributed by atoms with E-state index < -0.39 is 0 Å². The highest BCUT2D eigenvalue weighted by molar-refractivity contribution is 5.27. The molecule has 2 fully saturated rings. The maximum absolute atomic E-state index is 14.0. The lowest BCUT2D eigenvalue weighted by Crippen LogP contribution is -2.44. The SMILES string of the molecule is Fc1cnccc1C1(C2CC2)CCCCCN1. The molecule has 2 aliphatic rings. The molecular weight excluding hydrogens is 215 g/mol. The average molecular weight is 234 g/mol. The number of hydrogen-bond donors (Lipinski definition) is 1. The van der Waals surface area contributed by atoms with Crippen LogP contribution in [-0.2, 0) is 5.54 Å². The lowest BCUT2D eigenvalue weighted by molar-refractivity contribution is 0.268. The van der Waals surface area contributed by atoms with Crippen molar-refractivity contribution in [2.45, 2.75) is 44.1 Å². The monoisotopic (exact) mass is 234 g/mol. The van der Waals surface area contributed by atoms with Crippen LogP contribution in [0.3, 0.4) is 0 Å². The summed E-state index contributed by atoms with van der Waals surface area (Å²) in [5.41, 5.74) is 0.737. The molecule has 1 N–H and O–H groups in total. The normalized spacial score (nSPS) is 29.9. The number of aromatic nitrogens is 1. The van der Waals surface area contributed by atoms with Gasteiger partial charge in [0.15, 0.2) is 0 Å². The van der Waals surface area contributed by atoms with E-state index >= 15 is 0 Å². The Labute approximate surface area is 102 Å². The highest BCUT2D eigenvalue weighted by Gasteiger charge is 2.47. The third-order valence-electron chi connectivity index (χ3n) is 4.22. The molecule has 1 aliphatic heterocycles. The summed E-state index contributed by atoms with van der Waals surface area (Å²) < 4.78 is 14.0. The summed E-state index contributed by atoms with van der Waals surface area (Å²) in [5.74, 6) is 0.478. The van der Waals surface area contributed by atoms with Gasteiger partial charge < -0.3 is 5.32 Å². The Bertz CT molecular complexity index is 393. The van der Waals surface area contributed by atoms with Crippen molar-refractivity contribution >= 4 is 0 Å². The maximum atomic E-state index is 14.0. The van der Waals surface area contributed by atoms with Gasteiger partial charge in [0, 0.05) is 17.3 Å². The first-order valence-corrected chi connectivity index (χ1v) is 6.68. The molecule has 1 unspecified atom stereocenters. The van der Waals surface area contributed by atoms with Crippen molar-refractivity contribution in [2.75, 3.05) is 6.54 Å². The van der Waals surface area contributed by atoms with Gasteiger partial charge in [-0.25, -0.2) is 4.39 Å². The predicted octanol–water partition coefficient (Wildman–Crippen LogP) is 2.99. The van der Waals surface area contributed by atoms with Gasteiger partial charge in [0.2, 0.25) is 0 Å². The Morgan fingerprint density at radius 1 is 1.29 bits per heavy atom. The van der Waals surface area contributed by atoms with Crippen molar-refractivity contribution < 1.29 is 4.39 Å². The second-order valence-corrected chi connectivity index (χ2v) is 5.34. The molecule has 1 aliphatic carbocycles. The molecular formula is C14H19FN2. The first-order chi connectivity index (χ1) is 8.33. The fourth-order valence-corrected chi connectivity index (χ4v) is 3.22. The van der Waals surface area contributed by atoms with Crippen molar-refractivity contribution in [3.8, 4) is 0 Å². The van der Waals surface area contributed by atoms with Crippen molar-refractivity contribution in [1.29, 1.82) is 0 Å². The van der Waals surface area contributed by atoms with E-state index in [-0.39, 0.29) is 11.4 Å². The maximum Gasteiger partial charge on any atom is 0.146 e. The molecule has 1 aromatic rings. The van der Waals surface area contributed by atoms with Gasteiger partial charge >= 0.3 is 0 Å². The smallest absolute Gasteiger partial charge is 0.146 e. The van der Waals surface area contributed by atoms with E-state index in [4.69, 9.17) is 0 Å². The van der Waals surface area contributed by atoms with Gasteiger partial charge in [-0.05, 0) is 44.2 Å². The van der Waals surface area contributed by atoms with Crippen LogP contribution in [0, 0.1) is 11.7 Å². The Balaban J connectivity index is 2.01. The molecule has 0 radical (unpaired) electrons. The number of nitrogens with zero attached hydrogens (tertiary/aromatic N) is 1. The zero-order valence-electron chi connectivity index (χ0n) is 10.1. The lowest BCUT2D eigenvalue weighted by atomic mass is 9.81. The van der Waals surface area contributed by atoms with Crippen molar-refractivity contribution in [2.24, 2.45) is 5.92 Å². The van der Waals surface area contributed by atoms with Crippen LogP contribution in [0.1, 0.15) is 44.1 Å². The molecule has 0 amide bonds. The highest BCUT2D eigenvalue weighted by Crippen LogP contribution is 2.49. The molecule has 2 nitrogen and oxygen atoms in total. The van der Waals surface area contributed by atoms with Crippen molar-refractivity contribution in [3.05, 3.63) is 29.8 Å². The predicted molar refractivity (Wildman–Crippen MR) is 65.1 cm³/mol. The van der Waals surface area contributed by atoms with Crippen LogP contribution < -0.4 is 5.32 Å². The van der Waals surface area contributed by atoms with Crippen LogP contribution in [0.25, 0.3) is 0 Å². The zero-order valence-corrected chi connectivity index (χ0v) is 10.1. The number of halogens is 1. The third kappa shape index (κ3) is 1.97. The topological polar surface area (TPSA) is 24.9 Å². The fraction of sp³-hybridized carbons (Fsp3) is 0.643. The molecule has 0 bridgehead atoms. The summed E-state index contributed by atoms with van der Waals surface area (Å²) in [5, 5.41) is 3.65. The molecule has 17 heavy (non-hydrogen) atoms. The van der Waals surface area contributed by atoms with Gasteiger partial charge in [0.1, 0.15) is 5.82 Å². The Morgan fingerprint density at radius 2 is 2.18 bits per heavy atom. The summed E-state index contributed by atoms with van der Waals surface area (Å²) in [6.07, 6.45) is 10.3. The molecule has 1 saturated carbocycles. The molecule has 1 atom stereocenters. The zero-order chi connectivity index (χ0) is 11.7. The van der Waals surface area contributed by atoms with Gasteiger partial charge in [-0.15, -0.1) is 0 Å². The van der Waals surface area contributed by atoms with Crippen molar-refractivity contribution in [1.82, 2.24) is 10.3 Å². The molecule has 0 aromatic carbocycles. The van der Waals surface area contributed by atoms with Crippen LogP contribution in [0.2, 0.25) is 0 Å². The number of hydrogen-bond acceptors (Lipinski definition) is 2. The second-order valence-electron chi connectivity index (χ2n) is 5.34. The van der Waals surface area contributed by atoms with E-state index in [2.05, 4.69) is 10.3 Å². The molecule has 3 heteroatoms. The molecule has 3 rings (SSSR count). The van der Waals surface area contributed by atoms with Gasteiger partial charge in [0.25, 0.3) is 0 Å². The molecule has 0 spiro atoms. The summed E-state index contributed by atoms with van der Waals surface area (Å²) in [7, 11) is 0. The van der Waals surface area contributed by atoms with Crippen LogP contribution in [0.5, 0.6) is 0 Å².